The van der Waals surface area contributed by atoms with Crippen LogP contribution in [0.15, 0.2) is 24.3 Å². The first-order valence-corrected chi connectivity index (χ1v) is 7.30. The summed E-state index contributed by atoms with van der Waals surface area (Å²) >= 11 is 0. The number of carbonyl (C=O) groups excluding carboxylic acids is 1. The van der Waals surface area contributed by atoms with E-state index in [2.05, 4.69) is 10.3 Å². The summed E-state index contributed by atoms with van der Waals surface area (Å²) in [6.45, 7) is 8.12. The van der Waals surface area contributed by atoms with Gasteiger partial charge in [-0.25, -0.2) is 0 Å². The Morgan fingerprint density at radius 2 is 2.00 bits per heavy atom. The number of aromatic nitrogens is 1. The highest BCUT2D eigenvalue weighted by molar-refractivity contribution is 5.90. The minimum absolute atomic E-state index is 0.0637. The largest absolute Gasteiger partial charge is 0.391 e. The molecular weight excluding hydrogens is 264 g/mol. The molecule has 0 radical (unpaired) electrons. The number of amides is 1. The van der Waals surface area contributed by atoms with E-state index in [0.717, 1.165) is 22.2 Å². The molecule has 0 aliphatic rings. The molecular formula is C17H24N2O2. The quantitative estimate of drug-likeness (QED) is 0.809. The van der Waals surface area contributed by atoms with Gasteiger partial charge in [0.2, 0.25) is 5.91 Å². The first-order valence-electron chi connectivity index (χ1n) is 7.30. The highest BCUT2D eigenvalue weighted by Crippen LogP contribution is 2.22. The number of aliphatic hydroxyl groups excluding tert-OH is 1. The van der Waals surface area contributed by atoms with Crippen LogP contribution >= 0.6 is 0 Å². The average Bonchev–Trinajstić information content (AvgIpc) is 2.71. The molecule has 2 rings (SSSR count). The summed E-state index contributed by atoms with van der Waals surface area (Å²) in [5, 5.41) is 13.9. The number of aliphatic hydroxyl groups is 1. The minimum Gasteiger partial charge on any atom is -0.391 e. The highest BCUT2D eigenvalue weighted by Gasteiger charge is 2.22. The molecule has 1 unspecified atom stereocenters. The Morgan fingerprint density at radius 1 is 1.33 bits per heavy atom. The topological polar surface area (TPSA) is 65.1 Å². The fourth-order valence-corrected chi connectivity index (χ4v) is 2.30. The van der Waals surface area contributed by atoms with E-state index >= 15 is 0 Å². The van der Waals surface area contributed by atoms with Crippen LogP contribution in [-0.2, 0) is 11.2 Å². The summed E-state index contributed by atoms with van der Waals surface area (Å²) in [6, 6.07) is 7.97. The zero-order chi connectivity index (χ0) is 15.6. The molecule has 1 atom stereocenters. The van der Waals surface area contributed by atoms with Crippen LogP contribution in [0.25, 0.3) is 10.9 Å². The Hall–Kier alpha value is -1.81. The van der Waals surface area contributed by atoms with Crippen LogP contribution in [0.3, 0.4) is 0 Å². The number of para-hydroxylation sites is 1. The zero-order valence-corrected chi connectivity index (χ0v) is 13.2. The summed E-state index contributed by atoms with van der Waals surface area (Å²) in [4.78, 5) is 15.4. The van der Waals surface area contributed by atoms with E-state index in [1.165, 1.54) is 0 Å². The van der Waals surface area contributed by atoms with Crippen molar-refractivity contribution in [2.75, 3.05) is 6.54 Å². The van der Waals surface area contributed by atoms with E-state index in [-0.39, 0.29) is 17.9 Å². The molecule has 4 heteroatoms. The standard InChI is InChI=1S/C17H24N2O2/c1-11-13(12-7-5-6-8-14(12)19-11)9-16(21)18-10-15(20)17(2,3)4/h5-8,15,19-20H,9-10H2,1-4H3,(H,18,21). The smallest absolute Gasteiger partial charge is 0.224 e. The van der Waals surface area contributed by atoms with Gasteiger partial charge < -0.3 is 15.4 Å². The summed E-state index contributed by atoms with van der Waals surface area (Å²) in [5.41, 5.74) is 2.85. The molecule has 0 aliphatic carbocycles. The lowest BCUT2D eigenvalue weighted by molar-refractivity contribution is -0.121. The third-order valence-corrected chi connectivity index (χ3v) is 3.86. The zero-order valence-electron chi connectivity index (χ0n) is 13.2. The maximum atomic E-state index is 12.1. The van der Waals surface area contributed by atoms with E-state index < -0.39 is 6.10 Å². The van der Waals surface area contributed by atoms with Gasteiger partial charge >= 0.3 is 0 Å². The van der Waals surface area contributed by atoms with Crippen LogP contribution in [0, 0.1) is 12.3 Å². The number of hydrogen-bond donors (Lipinski definition) is 3. The van der Waals surface area contributed by atoms with Gasteiger partial charge in [0.1, 0.15) is 0 Å². The molecule has 1 aromatic heterocycles. The van der Waals surface area contributed by atoms with Crippen molar-refractivity contribution >= 4 is 16.8 Å². The predicted molar refractivity (Wildman–Crippen MR) is 85.2 cm³/mol. The van der Waals surface area contributed by atoms with Crippen molar-refractivity contribution in [3.8, 4) is 0 Å². The summed E-state index contributed by atoms with van der Waals surface area (Å²) in [6.07, 6.45) is -0.224. The van der Waals surface area contributed by atoms with Crippen LogP contribution in [0.1, 0.15) is 32.0 Å². The minimum atomic E-state index is -0.550. The first kappa shape index (κ1) is 15.6. The molecule has 1 aromatic carbocycles. The third kappa shape index (κ3) is 3.64. The van der Waals surface area contributed by atoms with Gasteiger partial charge in [0, 0.05) is 23.1 Å². The van der Waals surface area contributed by atoms with Gasteiger partial charge in [0.05, 0.1) is 12.5 Å². The fourth-order valence-electron chi connectivity index (χ4n) is 2.30. The molecule has 4 nitrogen and oxygen atoms in total. The number of fused-ring (bicyclic) bond motifs is 1. The average molecular weight is 288 g/mol. The molecule has 2 aromatic rings. The Bertz CT molecular complexity index is 638. The van der Waals surface area contributed by atoms with Crippen LogP contribution in [0.4, 0.5) is 0 Å². The van der Waals surface area contributed by atoms with Gasteiger partial charge in [-0.1, -0.05) is 39.0 Å². The van der Waals surface area contributed by atoms with Crippen molar-refractivity contribution in [1.82, 2.24) is 10.3 Å². The van der Waals surface area contributed by atoms with Gasteiger partial charge in [-0.2, -0.15) is 0 Å². The van der Waals surface area contributed by atoms with Gasteiger partial charge in [-0.15, -0.1) is 0 Å². The maximum Gasteiger partial charge on any atom is 0.224 e. The molecule has 0 saturated carbocycles. The van der Waals surface area contributed by atoms with Crippen molar-refractivity contribution in [3.05, 3.63) is 35.5 Å². The number of rotatable bonds is 4. The van der Waals surface area contributed by atoms with E-state index in [0.29, 0.717) is 6.42 Å². The second-order valence-corrected chi connectivity index (χ2v) is 6.64. The van der Waals surface area contributed by atoms with E-state index in [4.69, 9.17) is 0 Å². The normalized spacial score (nSPS) is 13.4. The number of aryl methyl sites for hydroxylation is 1. The number of carbonyl (C=O) groups is 1. The highest BCUT2D eigenvalue weighted by atomic mass is 16.3. The number of benzene rings is 1. The van der Waals surface area contributed by atoms with Crippen molar-refractivity contribution in [2.45, 2.75) is 40.2 Å². The Kier molecular flexibility index (Phi) is 4.37. The number of hydrogen-bond acceptors (Lipinski definition) is 2. The molecule has 1 heterocycles. The lowest BCUT2D eigenvalue weighted by Crippen LogP contribution is -2.39. The Morgan fingerprint density at radius 3 is 2.67 bits per heavy atom. The van der Waals surface area contributed by atoms with E-state index in [9.17, 15) is 9.90 Å². The molecule has 114 valence electrons. The summed E-state index contributed by atoms with van der Waals surface area (Å²) in [5.74, 6) is -0.0637. The van der Waals surface area contributed by atoms with Crippen molar-refractivity contribution in [1.29, 1.82) is 0 Å². The van der Waals surface area contributed by atoms with Crippen molar-refractivity contribution in [3.63, 3.8) is 0 Å². The third-order valence-electron chi connectivity index (χ3n) is 3.86. The molecule has 0 saturated heterocycles. The van der Waals surface area contributed by atoms with Crippen LogP contribution < -0.4 is 5.32 Å². The molecule has 0 bridgehead atoms. The van der Waals surface area contributed by atoms with Crippen LogP contribution in [0.5, 0.6) is 0 Å². The summed E-state index contributed by atoms with van der Waals surface area (Å²) in [7, 11) is 0. The lowest BCUT2D eigenvalue weighted by Gasteiger charge is -2.25. The number of aromatic amines is 1. The first-order chi connectivity index (χ1) is 9.79. The number of H-pyrrole nitrogens is 1. The van der Waals surface area contributed by atoms with Gasteiger partial charge in [-0.3, -0.25) is 4.79 Å². The second-order valence-electron chi connectivity index (χ2n) is 6.64. The molecule has 1 amide bonds. The number of nitrogens with one attached hydrogen (secondary N) is 2. The molecule has 0 fully saturated rings. The molecule has 3 N–H and O–H groups in total. The monoisotopic (exact) mass is 288 g/mol. The summed E-state index contributed by atoms with van der Waals surface area (Å²) < 4.78 is 0. The van der Waals surface area contributed by atoms with Crippen molar-refractivity contribution in [2.24, 2.45) is 5.41 Å². The Balaban J connectivity index is 2.04. The maximum absolute atomic E-state index is 12.1. The van der Waals surface area contributed by atoms with Crippen LogP contribution in [0.2, 0.25) is 0 Å². The fraction of sp³-hybridized carbons (Fsp3) is 0.471. The molecule has 21 heavy (non-hydrogen) atoms. The van der Waals surface area contributed by atoms with Crippen LogP contribution in [-0.4, -0.2) is 28.6 Å². The molecule has 0 spiro atoms. The van der Waals surface area contributed by atoms with Gasteiger partial charge in [0.25, 0.3) is 0 Å². The molecule has 0 aliphatic heterocycles. The van der Waals surface area contributed by atoms with Crippen molar-refractivity contribution < 1.29 is 9.90 Å². The SMILES string of the molecule is Cc1[nH]c2ccccc2c1CC(=O)NCC(O)C(C)(C)C. The predicted octanol–water partition coefficient (Wildman–Crippen LogP) is 2.54. The van der Waals surface area contributed by atoms with Gasteiger partial charge in [0.15, 0.2) is 0 Å². The lowest BCUT2D eigenvalue weighted by atomic mass is 9.89. The van der Waals surface area contributed by atoms with E-state index in [1.54, 1.807) is 0 Å². The Labute approximate surface area is 125 Å². The van der Waals surface area contributed by atoms with Gasteiger partial charge in [-0.05, 0) is 24.0 Å². The second kappa shape index (κ2) is 5.90. The van der Waals surface area contributed by atoms with E-state index in [1.807, 2.05) is 52.0 Å².